The Hall–Kier alpha value is -1.91. The molecule has 1 atom stereocenters. The van der Waals surface area contributed by atoms with Crippen LogP contribution in [0.1, 0.15) is 37.6 Å². The molecule has 1 N–H and O–H groups in total. The summed E-state index contributed by atoms with van der Waals surface area (Å²) in [6.07, 6.45) is 2.89. The summed E-state index contributed by atoms with van der Waals surface area (Å²) in [5.41, 5.74) is 1.26. The zero-order chi connectivity index (χ0) is 14.7. The van der Waals surface area contributed by atoms with Crippen molar-refractivity contribution in [3.63, 3.8) is 0 Å². The number of rotatable bonds is 5. The maximum Gasteiger partial charge on any atom is 0.146 e. The summed E-state index contributed by atoms with van der Waals surface area (Å²) in [5, 5.41) is 7.28. The maximum atomic E-state index is 13.7. The molecule has 5 heteroatoms. The number of hydrogen-bond acceptors (Lipinski definition) is 2. The Morgan fingerprint density at radius 3 is 2.75 bits per heavy atom. The summed E-state index contributed by atoms with van der Waals surface area (Å²) in [6, 6.07) is 4.57. The molecule has 0 spiro atoms. The molecule has 1 unspecified atom stereocenters. The molecule has 0 radical (unpaired) electrons. The molecule has 0 saturated heterocycles. The third-order valence-electron chi connectivity index (χ3n) is 3.41. The van der Waals surface area contributed by atoms with E-state index in [0.717, 1.165) is 12.1 Å². The fraction of sp³-hybridized carbons (Fsp3) is 0.400. The lowest BCUT2D eigenvalue weighted by molar-refractivity contribution is 0.474. The highest BCUT2D eigenvalue weighted by Gasteiger charge is 2.08. The molecule has 3 nitrogen and oxygen atoms in total. The summed E-state index contributed by atoms with van der Waals surface area (Å²) < 4.78 is 29.0. The largest absolute Gasteiger partial charge is 0.377 e. The standard InChI is InChI=1S/C15H19F2N3/c1-4-11(3)20-6-5-12(19-20)9-18-15-8-13(16)10(2)7-14(15)17/h5-8,11,18H,4,9H2,1-3H3. The second-order valence-electron chi connectivity index (χ2n) is 4.98. The van der Waals surface area contributed by atoms with Crippen LogP contribution in [0.25, 0.3) is 0 Å². The van der Waals surface area contributed by atoms with E-state index in [1.165, 1.54) is 19.1 Å². The summed E-state index contributed by atoms with van der Waals surface area (Å²) in [4.78, 5) is 0. The third kappa shape index (κ3) is 3.15. The van der Waals surface area contributed by atoms with Crippen molar-refractivity contribution in [2.75, 3.05) is 5.32 Å². The Bertz CT molecular complexity index is 593. The van der Waals surface area contributed by atoms with Crippen LogP contribution in [0.4, 0.5) is 14.5 Å². The van der Waals surface area contributed by atoms with Gasteiger partial charge in [-0.2, -0.15) is 5.10 Å². The number of anilines is 1. The summed E-state index contributed by atoms with van der Waals surface area (Å²) >= 11 is 0. The molecule has 0 bridgehead atoms. The lowest BCUT2D eigenvalue weighted by Gasteiger charge is -2.09. The van der Waals surface area contributed by atoms with Crippen LogP contribution in [0.15, 0.2) is 24.4 Å². The van der Waals surface area contributed by atoms with Gasteiger partial charge >= 0.3 is 0 Å². The van der Waals surface area contributed by atoms with Crippen LogP contribution >= 0.6 is 0 Å². The van der Waals surface area contributed by atoms with Gasteiger partial charge in [-0.1, -0.05) is 6.92 Å². The van der Waals surface area contributed by atoms with Gasteiger partial charge in [0, 0.05) is 18.3 Å². The van der Waals surface area contributed by atoms with Crippen molar-refractivity contribution >= 4 is 5.69 Å². The van der Waals surface area contributed by atoms with Gasteiger partial charge in [-0.25, -0.2) is 8.78 Å². The second kappa shape index (κ2) is 6.03. The van der Waals surface area contributed by atoms with Gasteiger partial charge in [0.1, 0.15) is 11.6 Å². The van der Waals surface area contributed by atoms with E-state index in [1.54, 1.807) is 0 Å². The first kappa shape index (κ1) is 14.5. The molecule has 0 saturated carbocycles. The van der Waals surface area contributed by atoms with E-state index in [-0.39, 0.29) is 5.69 Å². The minimum absolute atomic E-state index is 0.159. The highest BCUT2D eigenvalue weighted by molar-refractivity contribution is 5.47. The van der Waals surface area contributed by atoms with Crippen LogP contribution in [0.2, 0.25) is 0 Å². The monoisotopic (exact) mass is 279 g/mol. The first-order chi connectivity index (χ1) is 9.51. The van der Waals surface area contributed by atoms with Crippen LogP contribution in [0.5, 0.6) is 0 Å². The van der Waals surface area contributed by atoms with Gasteiger partial charge in [0.05, 0.1) is 17.9 Å². The second-order valence-corrected chi connectivity index (χ2v) is 4.98. The van der Waals surface area contributed by atoms with Gasteiger partial charge in [-0.05, 0) is 38.0 Å². The smallest absolute Gasteiger partial charge is 0.146 e. The number of nitrogens with zero attached hydrogens (tertiary/aromatic N) is 2. The topological polar surface area (TPSA) is 29.9 Å². The summed E-state index contributed by atoms with van der Waals surface area (Å²) in [5.74, 6) is -0.871. The van der Waals surface area contributed by atoms with Gasteiger partial charge in [0.25, 0.3) is 0 Å². The molecule has 1 aromatic carbocycles. The molecule has 108 valence electrons. The van der Waals surface area contributed by atoms with Crippen molar-refractivity contribution in [3.8, 4) is 0 Å². The first-order valence-corrected chi connectivity index (χ1v) is 6.74. The van der Waals surface area contributed by atoms with Crippen LogP contribution in [-0.4, -0.2) is 9.78 Å². The van der Waals surface area contributed by atoms with Crippen LogP contribution in [0.3, 0.4) is 0 Å². The predicted octanol–water partition coefficient (Wildman–Crippen LogP) is 4.05. The van der Waals surface area contributed by atoms with E-state index in [0.29, 0.717) is 18.2 Å². The van der Waals surface area contributed by atoms with E-state index in [9.17, 15) is 8.78 Å². The molecule has 1 aromatic heterocycles. The number of aromatic nitrogens is 2. The van der Waals surface area contributed by atoms with Crippen molar-refractivity contribution in [3.05, 3.63) is 47.3 Å². The van der Waals surface area contributed by atoms with Gasteiger partial charge in [-0.15, -0.1) is 0 Å². The normalized spacial score (nSPS) is 12.4. The first-order valence-electron chi connectivity index (χ1n) is 6.74. The van der Waals surface area contributed by atoms with Gasteiger partial charge in [0.2, 0.25) is 0 Å². The molecule has 2 rings (SSSR count). The fourth-order valence-electron chi connectivity index (χ4n) is 1.87. The van der Waals surface area contributed by atoms with Crippen molar-refractivity contribution in [2.24, 2.45) is 0 Å². The lowest BCUT2D eigenvalue weighted by Crippen LogP contribution is -2.07. The highest BCUT2D eigenvalue weighted by Crippen LogP contribution is 2.19. The van der Waals surface area contributed by atoms with E-state index in [1.807, 2.05) is 16.9 Å². The molecule has 2 aromatic rings. The number of aryl methyl sites for hydroxylation is 1. The molecule has 0 amide bonds. The third-order valence-corrected chi connectivity index (χ3v) is 3.41. The van der Waals surface area contributed by atoms with Crippen molar-refractivity contribution in [1.29, 1.82) is 0 Å². The molecule has 0 aliphatic carbocycles. The van der Waals surface area contributed by atoms with Crippen LogP contribution < -0.4 is 5.32 Å². The molecule has 0 aliphatic rings. The van der Waals surface area contributed by atoms with Gasteiger partial charge in [0.15, 0.2) is 0 Å². The van der Waals surface area contributed by atoms with E-state index < -0.39 is 11.6 Å². The van der Waals surface area contributed by atoms with Crippen LogP contribution in [-0.2, 0) is 6.54 Å². The molecule has 0 fully saturated rings. The molecular formula is C15H19F2N3. The van der Waals surface area contributed by atoms with Crippen LogP contribution in [0, 0.1) is 18.6 Å². The average molecular weight is 279 g/mol. The van der Waals surface area contributed by atoms with E-state index in [2.05, 4.69) is 24.3 Å². The number of benzene rings is 1. The Kier molecular flexibility index (Phi) is 4.37. The molecule has 0 aliphatic heterocycles. The van der Waals surface area contributed by atoms with E-state index >= 15 is 0 Å². The van der Waals surface area contributed by atoms with Crippen molar-refractivity contribution in [2.45, 2.75) is 39.8 Å². The number of halogens is 2. The van der Waals surface area contributed by atoms with Gasteiger partial charge < -0.3 is 5.32 Å². The Morgan fingerprint density at radius 1 is 1.30 bits per heavy atom. The highest BCUT2D eigenvalue weighted by atomic mass is 19.1. The molecular weight excluding hydrogens is 260 g/mol. The Labute approximate surface area is 117 Å². The maximum absolute atomic E-state index is 13.7. The average Bonchev–Trinajstić information content (AvgIpc) is 2.89. The number of hydrogen-bond donors (Lipinski definition) is 1. The number of nitrogens with one attached hydrogen (secondary N) is 1. The Morgan fingerprint density at radius 2 is 2.05 bits per heavy atom. The SMILES string of the molecule is CCC(C)n1ccc(CNc2cc(F)c(C)cc2F)n1. The molecule has 1 heterocycles. The predicted molar refractivity (Wildman–Crippen MR) is 75.7 cm³/mol. The van der Waals surface area contributed by atoms with Gasteiger partial charge in [-0.3, -0.25) is 4.68 Å². The zero-order valence-electron chi connectivity index (χ0n) is 12.0. The van der Waals surface area contributed by atoms with E-state index in [4.69, 9.17) is 0 Å². The minimum Gasteiger partial charge on any atom is -0.377 e. The fourth-order valence-corrected chi connectivity index (χ4v) is 1.87. The van der Waals surface area contributed by atoms with Crippen molar-refractivity contribution < 1.29 is 8.78 Å². The lowest BCUT2D eigenvalue weighted by atomic mass is 10.2. The van der Waals surface area contributed by atoms with Crippen molar-refractivity contribution in [1.82, 2.24) is 9.78 Å². The molecule has 20 heavy (non-hydrogen) atoms. The summed E-state index contributed by atoms with van der Waals surface area (Å²) in [6.45, 7) is 6.08. The Balaban J connectivity index is 2.05. The zero-order valence-corrected chi connectivity index (χ0v) is 12.0. The summed E-state index contributed by atoms with van der Waals surface area (Å²) in [7, 11) is 0. The quantitative estimate of drug-likeness (QED) is 0.894. The minimum atomic E-state index is -0.453.